The number of aromatic nitrogens is 2. The van der Waals surface area contributed by atoms with Crippen molar-refractivity contribution in [3.63, 3.8) is 0 Å². The van der Waals surface area contributed by atoms with Crippen molar-refractivity contribution in [2.75, 3.05) is 17.2 Å². The van der Waals surface area contributed by atoms with Crippen LogP contribution in [0.1, 0.15) is 29.3 Å². The van der Waals surface area contributed by atoms with Gasteiger partial charge in [-0.05, 0) is 37.1 Å². The van der Waals surface area contributed by atoms with Crippen LogP contribution in [0.4, 0.5) is 11.5 Å². The number of aromatic amines is 1. The molecular formula is C15H18N4O2. The molecular weight excluding hydrogens is 268 g/mol. The zero-order valence-corrected chi connectivity index (χ0v) is 12.1. The second kappa shape index (κ2) is 6.69. The second-order valence-electron chi connectivity index (χ2n) is 4.74. The van der Waals surface area contributed by atoms with E-state index in [1.54, 1.807) is 6.07 Å². The lowest BCUT2D eigenvalue weighted by Gasteiger charge is -2.12. The summed E-state index contributed by atoms with van der Waals surface area (Å²) in [5, 5.41) is 11.9. The van der Waals surface area contributed by atoms with Crippen LogP contribution in [0.2, 0.25) is 0 Å². The molecule has 3 N–H and O–H groups in total. The van der Waals surface area contributed by atoms with Gasteiger partial charge >= 0.3 is 0 Å². The van der Waals surface area contributed by atoms with E-state index in [0.29, 0.717) is 11.4 Å². The highest BCUT2D eigenvalue weighted by Crippen LogP contribution is 2.18. The average Bonchev–Trinajstić information content (AvgIpc) is 2.47. The fraction of sp³-hybridized carbons (Fsp3) is 0.267. The lowest BCUT2D eigenvalue weighted by molar-refractivity contribution is 0.102. The molecule has 2 rings (SSSR count). The maximum atomic E-state index is 12.3. The first-order valence-corrected chi connectivity index (χ1v) is 6.81. The number of carbonyl (C=O) groups is 1. The second-order valence-corrected chi connectivity index (χ2v) is 4.74. The van der Waals surface area contributed by atoms with Crippen molar-refractivity contribution < 1.29 is 4.79 Å². The molecule has 1 amide bonds. The number of H-pyrrole nitrogens is 1. The van der Waals surface area contributed by atoms with E-state index in [0.717, 1.165) is 24.2 Å². The molecule has 0 unspecified atom stereocenters. The van der Waals surface area contributed by atoms with Crippen molar-refractivity contribution >= 4 is 17.4 Å². The van der Waals surface area contributed by atoms with Gasteiger partial charge in [-0.2, -0.15) is 5.10 Å². The smallest absolute Gasteiger partial charge is 0.264 e. The molecule has 0 atom stereocenters. The SMILES string of the molecule is CCCNc1cc(C)ccc1C(=O)Nc1ccc(=O)[nH]n1. The molecule has 0 aliphatic heterocycles. The first kappa shape index (κ1) is 14.8. The van der Waals surface area contributed by atoms with E-state index in [4.69, 9.17) is 0 Å². The third kappa shape index (κ3) is 3.92. The molecule has 0 saturated heterocycles. The fourth-order valence-electron chi connectivity index (χ4n) is 1.86. The van der Waals surface area contributed by atoms with Gasteiger partial charge in [-0.15, -0.1) is 0 Å². The van der Waals surface area contributed by atoms with E-state index in [1.165, 1.54) is 12.1 Å². The molecule has 0 bridgehead atoms. The van der Waals surface area contributed by atoms with Gasteiger partial charge in [-0.25, -0.2) is 5.10 Å². The molecule has 2 aromatic rings. The Morgan fingerprint density at radius 2 is 2.10 bits per heavy atom. The lowest BCUT2D eigenvalue weighted by Crippen LogP contribution is -2.17. The van der Waals surface area contributed by atoms with E-state index in [9.17, 15) is 9.59 Å². The molecule has 0 aliphatic carbocycles. The maximum Gasteiger partial charge on any atom is 0.264 e. The van der Waals surface area contributed by atoms with Crippen LogP contribution < -0.4 is 16.2 Å². The van der Waals surface area contributed by atoms with Gasteiger partial charge in [0.1, 0.15) is 0 Å². The number of amides is 1. The first-order chi connectivity index (χ1) is 10.1. The number of carbonyl (C=O) groups excluding carboxylic acids is 1. The van der Waals surface area contributed by atoms with Crippen LogP contribution in [0.25, 0.3) is 0 Å². The van der Waals surface area contributed by atoms with Crippen molar-refractivity contribution in [1.29, 1.82) is 0 Å². The monoisotopic (exact) mass is 286 g/mol. The minimum absolute atomic E-state index is 0.270. The molecule has 0 spiro atoms. The van der Waals surface area contributed by atoms with Crippen LogP contribution in [-0.4, -0.2) is 22.6 Å². The van der Waals surface area contributed by atoms with Gasteiger partial charge in [-0.1, -0.05) is 13.0 Å². The largest absolute Gasteiger partial charge is 0.384 e. The number of rotatable bonds is 5. The summed E-state index contributed by atoms with van der Waals surface area (Å²) in [4.78, 5) is 23.3. The summed E-state index contributed by atoms with van der Waals surface area (Å²) in [6, 6.07) is 8.36. The molecule has 6 nitrogen and oxygen atoms in total. The Balaban J connectivity index is 2.21. The molecule has 0 saturated carbocycles. The molecule has 0 fully saturated rings. The van der Waals surface area contributed by atoms with Gasteiger partial charge < -0.3 is 10.6 Å². The number of aryl methyl sites for hydroxylation is 1. The number of benzene rings is 1. The standard InChI is InChI=1S/C15H18N4O2/c1-3-8-16-12-9-10(2)4-5-11(12)15(21)17-13-6-7-14(20)19-18-13/h4-7,9,16H,3,8H2,1-2H3,(H,19,20)(H,17,18,21). The van der Waals surface area contributed by atoms with E-state index in [-0.39, 0.29) is 11.5 Å². The highest BCUT2D eigenvalue weighted by molar-refractivity contribution is 6.07. The normalized spacial score (nSPS) is 10.2. The summed E-state index contributed by atoms with van der Waals surface area (Å²) < 4.78 is 0. The quantitative estimate of drug-likeness (QED) is 0.786. The molecule has 1 aromatic carbocycles. The predicted molar refractivity (Wildman–Crippen MR) is 82.8 cm³/mol. The molecule has 0 radical (unpaired) electrons. The summed E-state index contributed by atoms with van der Waals surface area (Å²) in [6.45, 7) is 4.83. The third-order valence-electron chi connectivity index (χ3n) is 2.91. The molecule has 1 heterocycles. The zero-order valence-electron chi connectivity index (χ0n) is 12.1. The fourth-order valence-corrected chi connectivity index (χ4v) is 1.86. The minimum Gasteiger partial charge on any atom is -0.384 e. The molecule has 21 heavy (non-hydrogen) atoms. The van der Waals surface area contributed by atoms with Crippen molar-refractivity contribution in [2.45, 2.75) is 20.3 Å². The van der Waals surface area contributed by atoms with E-state index in [2.05, 4.69) is 27.8 Å². The summed E-state index contributed by atoms with van der Waals surface area (Å²) >= 11 is 0. The topological polar surface area (TPSA) is 86.9 Å². The minimum atomic E-state index is -0.311. The van der Waals surface area contributed by atoms with Crippen LogP contribution in [0.3, 0.4) is 0 Å². The van der Waals surface area contributed by atoms with Crippen LogP contribution in [-0.2, 0) is 0 Å². The summed E-state index contributed by atoms with van der Waals surface area (Å²) in [5.41, 5.74) is 2.10. The molecule has 0 aliphatic rings. The van der Waals surface area contributed by atoms with Crippen molar-refractivity contribution in [1.82, 2.24) is 10.2 Å². The molecule has 6 heteroatoms. The van der Waals surface area contributed by atoms with Crippen LogP contribution in [0.15, 0.2) is 35.1 Å². The summed E-state index contributed by atoms with van der Waals surface area (Å²) in [6.07, 6.45) is 0.969. The summed E-state index contributed by atoms with van der Waals surface area (Å²) in [5.74, 6) is 0.0368. The first-order valence-electron chi connectivity index (χ1n) is 6.81. The highest BCUT2D eigenvalue weighted by Gasteiger charge is 2.12. The van der Waals surface area contributed by atoms with Crippen LogP contribution >= 0.6 is 0 Å². The van der Waals surface area contributed by atoms with E-state index < -0.39 is 0 Å². The van der Waals surface area contributed by atoms with E-state index >= 15 is 0 Å². The van der Waals surface area contributed by atoms with Gasteiger partial charge in [0.05, 0.1) is 5.56 Å². The van der Waals surface area contributed by atoms with Crippen molar-refractivity contribution in [2.24, 2.45) is 0 Å². The number of nitrogens with zero attached hydrogens (tertiary/aromatic N) is 1. The Kier molecular flexibility index (Phi) is 4.71. The van der Waals surface area contributed by atoms with Gasteiger partial charge in [0.2, 0.25) is 0 Å². The predicted octanol–water partition coefficient (Wildman–Crippen LogP) is 2.15. The van der Waals surface area contributed by atoms with Crippen molar-refractivity contribution in [3.05, 3.63) is 51.8 Å². The summed E-state index contributed by atoms with van der Waals surface area (Å²) in [7, 11) is 0. The molecule has 110 valence electrons. The Morgan fingerprint density at radius 1 is 1.29 bits per heavy atom. The Hall–Kier alpha value is -2.63. The third-order valence-corrected chi connectivity index (χ3v) is 2.91. The van der Waals surface area contributed by atoms with Gasteiger partial charge in [0.15, 0.2) is 5.82 Å². The van der Waals surface area contributed by atoms with Gasteiger partial charge in [-0.3, -0.25) is 9.59 Å². The zero-order chi connectivity index (χ0) is 15.2. The number of hydrogen-bond donors (Lipinski definition) is 3. The number of nitrogens with one attached hydrogen (secondary N) is 3. The van der Waals surface area contributed by atoms with Crippen LogP contribution in [0.5, 0.6) is 0 Å². The highest BCUT2D eigenvalue weighted by atomic mass is 16.2. The maximum absolute atomic E-state index is 12.3. The lowest BCUT2D eigenvalue weighted by atomic mass is 10.1. The molecule has 1 aromatic heterocycles. The van der Waals surface area contributed by atoms with Gasteiger partial charge in [0, 0.05) is 18.3 Å². The van der Waals surface area contributed by atoms with Crippen LogP contribution in [0, 0.1) is 6.92 Å². The van der Waals surface area contributed by atoms with Gasteiger partial charge in [0.25, 0.3) is 11.5 Å². The Morgan fingerprint density at radius 3 is 2.76 bits per heavy atom. The van der Waals surface area contributed by atoms with E-state index in [1.807, 2.05) is 19.1 Å². The van der Waals surface area contributed by atoms with Crippen molar-refractivity contribution in [3.8, 4) is 0 Å². The Labute approximate surface area is 122 Å². The number of anilines is 2. The average molecular weight is 286 g/mol. The Bertz CT molecular complexity index is 674. The number of hydrogen-bond acceptors (Lipinski definition) is 4.